The molecule has 2 bridgehead atoms. The Morgan fingerprint density at radius 2 is 1.78 bits per heavy atom. The molecule has 3 saturated heterocycles. The molecule has 4 aromatic rings. The highest BCUT2D eigenvalue weighted by Crippen LogP contribution is 2.43. The summed E-state index contributed by atoms with van der Waals surface area (Å²) >= 11 is 6.99. The number of likely N-dealkylation sites (N-methyl/N-ethyl adjacent to an activating group) is 1. The molecule has 3 aromatic carbocycles. The molecule has 0 radical (unpaired) electrons. The van der Waals surface area contributed by atoms with E-state index in [1.165, 1.54) is 0 Å². The van der Waals surface area contributed by atoms with E-state index in [0.717, 1.165) is 54.1 Å². The van der Waals surface area contributed by atoms with Crippen LogP contribution in [0.4, 0.5) is 15.0 Å². The maximum absolute atomic E-state index is 17.0. The Kier molecular flexibility index (Phi) is 7.96. The van der Waals surface area contributed by atoms with Crippen LogP contribution < -0.4 is 9.64 Å². The Balaban J connectivity index is 1.32. The molecule has 1 amide bonds. The number of amides is 1. The maximum atomic E-state index is 17.0. The second-order valence-corrected chi connectivity index (χ2v) is 14.5. The highest BCUT2D eigenvalue weighted by Gasteiger charge is 2.45. The van der Waals surface area contributed by atoms with Crippen LogP contribution in [0.1, 0.15) is 52.0 Å². The third-order valence-corrected chi connectivity index (χ3v) is 9.88. The van der Waals surface area contributed by atoms with Crippen LogP contribution in [0, 0.1) is 12.7 Å². The molecule has 8 nitrogen and oxygen atoms in total. The zero-order valence-electron chi connectivity index (χ0n) is 27.1. The zero-order chi connectivity index (χ0) is 32.3. The molecule has 10 heteroatoms. The number of likely N-dealkylation sites (tertiary alicyclic amines) is 1. The van der Waals surface area contributed by atoms with Gasteiger partial charge in [0.2, 0.25) is 0 Å². The number of nitrogens with zero attached hydrogens (tertiary/aromatic N) is 5. The molecule has 1 aromatic heterocycles. The molecule has 3 atom stereocenters. The fourth-order valence-corrected chi connectivity index (χ4v) is 7.72. The maximum Gasteiger partial charge on any atom is 0.410 e. The van der Waals surface area contributed by atoms with Crippen LogP contribution in [-0.2, 0) is 4.74 Å². The average Bonchev–Trinajstić information content (AvgIpc) is 3.53. The molecule has 3 aliphatic heterocycles. The van der Waals surface area contributed by atoms with Gasteiger partial charge in [-0.3, -0.25) is 4.90 Å². The van der Waals surface area contributed by atoms with Gasteiger partial charge < -0.3 is 19.3 Å². The smallest absolute Gasteiger partial charge is 0.410 e. The number of hydrogen-bond donors (Lipinski definition) is 0. The summed E-state index contributed by atoms with van der Waals surface area (Å²) in [5.74, 6) is 0.0714. The predicted octanol–water partition coefficient (Wildman–Crippen LogP) is 7.61. The molecule has 0 spiro atoms. The van der Waals surface area contributed by atoms with Gasteiger partial charge in [-0.2, -0.15) is 9.97 Å². The number of aromatic nitrogens is 2. The van der Waals surface area contributed by atoms with Gasteiger partial charge in [-0.1, -0.05) is 48.0 Å². The van der Waals surface area contributed by atoms with Crippen LogP contribution in [0.2, 0.25) is 5.02 Å². The Morgan fingerprint density at radius 1 is 1.04 bits per heavy atom. The Morgan fingerprint density at radius 3 is 2.48 bits per heavy atom. The van der Waals surface area contributed by atoms with Gasteiger partial charge in [-0.25, -0.2) is 9.18 Å². The number of anilines is 1. The van der Waals surface area contributed by atoms with Crippen molar-refractivity contribution in [3.8, 4) is 17.1 Å². The van der Waals surface area contributed by atoms with Crippen molar-refractivity contribution in [2.45, 2.75) is 77.1 Å². The van der Waals surface area contributed by atoms with Crippen LogP contribution in [0.5, 0.6) is 6.01 Å². The van der Waals surface area contributed by atoms with Crippen molar-refractivity contribution in [2.24, 2.45) is 0 Å². The second-order valence-electron chi connectivity index (χ2n) is 14.1. The van der Waals surface area contributed by atoms with Crippen molar-refractivity contribution in [3.63, 3.8) is 0 Å². The minimum atomic E-state index is -0.579. The normalized spacial score (nSPS) is 21.8. The summed E-state index contributed by atoms with van der Waals surface area (Å²) in [5, 5.41) is 2.75. The molecule has 3 fully saturated rings. The first-order valence-corrected chi connectivity index (χ1v) is 16.6. The number of benzene rings is 3. The lowest BCUT2D eigenvalue weighted by atomic mass is 9.94. The van der Waals surface area contributed by atoms with E-state index in [4.69, 9.17) is 26.1 Å². The fraction of sp³-hybridized carbons (Fsp3) is 0.472. The van der Waals surface area contributed by atoms with Crippen LogP contribution >= 0.6 is 11.6 Å². The number of fused-ring (bicyclic) bond motifs is 4. The van der Waals surface area contributed by atoms with Crippen molar-refractivity contribution in [2.75, 3.05) is 38.2 Å². The van der Waals surface area contributed by atoms with Gasteiger partial charge in [0.25, 0.3) is 0 Å². The molecular formula is C36H41ClFN5O3. The van der Waals surface area contributed by atoms with Gasteiger partial charge in [0, 0.05) is 30.1 Å². The molecule has 0 aliphatic carbocycles. The summed E-state index contributed by atoms with van der Waals surface area (Å²) in [5.41, 5.74) is 1.64. The lowest BCUT2D eigenvalue weighted by molar-refractivity contribution is 0.0122. The summed E-state index contributed by atoms with van der Waals surface area (Å²) < 4.78 is 29.0. The Hall–Kier alpha value is -3.69. The Bertz CT molecular complexity index is 1810. The van der Waals surface area contributed by atoms with Gasteiger partial charge >= 0.3 is 12.1 Å². The van der Waals surface area contributed by atoms with E-state index in [9.17, 15) is 4.79 Å². The quantitative estimate of drug-likeness (QED) is 0.221. The van der Waals surface area contributed by atoms with E-state index in [1.807, 2.05) is 62.9 Å². The lowest BCUT2D eigenvalue weighted by Gasteiger charge is -2.42. The van der Waals surface area contributed by atoms with Gasteiger partial charge in [-0.15, -0.1) is 0 Å². The zero-order valence-corrected chi connectivity index (χ0v) is 27.9. The summed E-state index contributed by atoms with van der Waals surface area (Å²) in [6.45, 7) is 10.2. The molecule has 3 aliphatic rings. The third-order valence-electron chi connectivity index (χ3n) is 9.58. The minimum absolute atomic E-state index is 0.0478. The van der Waals surface area contributed by atoms with Gasteiger partial charge in [0.05, 0.1) is 17.1 Å². The Labute approximate surface area is 274 Å². The van der Waals surface area contributed by atoms with E-state index in [1.54, 1.807) is 6.07 Å². The van der Waals surface area contributed by atoms with Gasteiger partial charge in [0.15, 0.2) is 5.82 Å². The largest absolute Gasteiger partial charge is 0.462 e. The van der Waals surface area contributed by atoms with Crippen LogP contribution in [0.3, 0.4) is 0 Å². The molecule has 242 valence electrons. The van der Waals surface area contributed by atoms with Crippen molar-refractivity contribution < 1.29 is 18.7 Å². The van der Waals surface area contributed by atoms with E-state index >= 15 is 4.39 Å². The lowest BCUT2D eigenvalue weighted by Crippen LogP contribution is -2.57. The molecule has 46 heavy (non-hydrogen) atoms. The van der Waals surface area contributed by atoms with E-state index < -0.39 is 11.4 Å². The number of carbonyl (C=O) groups is 1. The summed E-state index contributed by atoms with van der Waals surface area (Å²) in [7, 11) is 2.09. The molecule has 0 saturated carbocycles. The van der Waals surface area contributed by atoms with Crippen LogP contribution in [0.15, 0.2) is 42.5 Å². The number of hydrogen-bond acceptors (Lipinski definition) is 7. The fourth-order valence-electron chi connectivity index (χ4n) is 7.43. The number of ether oxygens (including phenoxy) is 2. The highest BCUT2D eigenvalue weighted by molar-refractivity contribution is 6.35. The van der Waals surface area contributed by atoms with Crippen molar-refractivity contribution in [1.29, 1.82) is 0 Å². The molecular weight excluding hydrogens is 605 g/mol. The number of aryl methyl sites for hydroxylation is 1. The summed E-state index contributed by atoms with van der Waals surface area (Å²) in [6, 6.07) is 14.1. The average molecular weight is 646 g/mol. The van der Waals surface area contributed by atoms with Crippen molar-refractivity contribution in [1.82, 2.24) is 19.8 Å². The molecule has 0 N–H and O–H groups in total. The summed E-state index contributed by atoms with van der Waals surface area (Å²) in [6.07, 6.45) is 3.57. The van der Waals surface area contributed by atoms with Gasteiger partial charge in [0.1, 0.15) is 23.5 Å². The second kappa shape index (κ2) is 11.8. The highest BCUT2D eigenvalue weighted by atomic mass is 35.5. The van der Waals surface area contributed by atoms with Crippen molar-refractivity contribution >= 4 is 45.2 Å². The number of carbonyl (C=O) groups excluding carboxylic acids is 1. The first-order valence-electron chi connectivity index (χ1n) is 16.3. The number of piperazine rings is 1. The number of halogens is 2. The standard InChI is InChI=1S/C36H41ClFN5O3/c1-21-15-22-9-6-7-11-26(22)27(16-21)30-29(37)17-28-32(31(30)38)39-34(45-20-25-10-8-14-41(25)5)40-33(28)42-18-23-12-13-24(19-42)43(23)35(44)46-36(2,3)4/h6-7,9,11,15-17,23-25H,8,10,12-14,18-20H2,1-5H3/t23?,24?,25-/m0/s1. The topological polar surface area (TPSA) is 71.0 Å². The molecule has 7 rings (SSSR count). The van der Waals surface area contributed by atoms with E-state index in [0.29, 0.717) is 41.5 Å². The first-order chi connectivity index (χ1) is 22.0. The number of rotatable bonds is 5. The molecule has 2 unspecified atom stereocenters. The summed E-state index contributed by atoms with van der Waals surface area (Å²) in [4.78, 5) is 29.0. The first kappa shape index (κ1) is 30.9. The molecule has 4 heterocycles. The third kappa shape index (κ3) is 5.72. The van der Waals surface area contributed by atoms with Gasteiger partial charge in [-0.05, 0) is 94.9 Å². The van der Waals surface area contributed by atoms with E-state index in [2.05, 4.69) is 27.9 Å². The monoisotopic (exact) mass is 645 g/mol. The minimum Gasteiger partial charge on any atom is -0.462 e. The van der Waals surface area contributed by atoms with Crippen molar-refractivity contribution in [3.05, 3.63) is 58.9 Å². The SMILES string of the molecule is Cc1cc(-c2c(Cl)cc3c(N4CC5CCC(C4)N5C(=O)OC(C)(C)C)nc(OC[C@@H]4CCCN4C)nc3c2F)c2ccccc2c1. The predicted molar refractivity (Wildman–Crippen MR) is 180 cm³/mol. The van der Waals surface area contributed by atoms with Crippen LogP contribution in [0.25, 0.3) is 32.8 Å². The van der Waals surface area contributed by atoms with Crippen LogP contribution in [-0.4, -0.2) is 82.9 Å². The van der Waals surface area contributed by atoms with E-state index in [-0.39, 0.29) is 35.7 Å².